The summed E-state index contributed by atoms with van der Waals surface area (Å²) in [5, 5.41) is 23.2. The Morgan fingerprint density at radius 2 is 1.82 bits per heavy atom. The topological polar surface area (TPSA) is 213 Å². The summed E-state index contributed by atoms with van der Waals surface area (Å²) < 4.78 is 0. The van der Waals surface area contributed by atoms with E-state index in [1.807, 2.05) is 0 Å². The van der Waals surface area contributed by atoms with Crippen molar-refractivity contribution in [2.24, 2.45) is 0 Å². The summed E-state index contributed by atoms with van der Waals surface area (Å²) >= 11 is 0. The molecule has 0 saturated carbocycles. The van der Waals surface area contributed by atoms with Crippen LogP contribution in [-0.2, 0) is 16.1 Å². The third-order valence-electron chi connectivity index (χ3n) is 4.36. The Balaban J connectivity index is 0.00000385. The molecule has 1 aromatic carbocycles. The molecule has 2 unspecified atom stereocenters. The van der Waals surface area contributed by atoms with Crippen LogP contribution in [0.1, 0.15) is 28.9 Å². The largest absolute Gasteiger partial charge is 0.481 e. The number of anilines is 2. The summed E-state index contributed by atoms with van der Waals surface area (Å²) in [6.07, 6.45) is 0.840. The van der Waals surface area contributed by atoms with Gasteiger partial charge in [0.15, 0.2) is 11.2 Å². The van der Waals surface area contributed by atoms with Crippen molar-refractivity contribution >= 4 is 50.5 Å². The highest BCUT2D eigenvalue weighted by Crippen LogP contribution is 2.12. The molecule has 0 aliphatic heterocycles. The van der Waals surface area contributed by atoms with Gasteiger partial charge in [0.1, 0.15) is 6.04 Å². The van der Waals surface area contributed by atoms with E-state index < -0.39 is 29.4 Å². The first-order valence-corrected chi connectivity index (χ1v) is 9.33. The van der Waals surface area contributed by atoms with E-state index in [1.54, 1.807) is 12.1 Å². The van der Waals surface area contributed by atoms with Crippen molar-refractivity contribution in [3.05, 3.63) is 52.1 Å². The molecular formula is C19H22N7O6P. The number of aromatic amines is 1. The number of nitrogen functional groups attached to an aromatic ring is 1. The first-order chi connectivity index (χ1) is 15.2. The van der Waals surface area contributed by atoms with E-state index >= 15 is 0 Å². The van der Waals surface area contributed by atoms with Gasteiger partial charge in [0, 0.05) is 17.7 Å². The van der Waals surface area contributed by atoms with Crippen molar-refractivity contribution < 1.29 is 24.6 Å². The number of amides is 1. The van der Waals surface area contributed by atoms with Gasteiger partial charge < -0.3 is 26.6 Å². The van der Waals surface area contributed by atoms with Gasteiger partial charge in [0.05, 0.1) is 18.4 Å². The molecule has 7 N–H and O–H groups in total. The maximum absolute atomic E-state index is 12.3. The molecule has 13 nitrogen and oxygen atoms in total. The molecule has 2 atom stereocenters. The number of aromatic nitrogens is 4. The van der Waals surface area contributed by atoms with E-state index in [1.165, 1.54) is 18.3 Å². The fourth-order valence-corrected chi connectivity index (χ4v) is 2.75. The quantitative estimate of drug-likeness (QED) is 0.227. The average Bonchev–Trinajstić information content (AvgIpc) is 2.75. The third-order valence-corrected chi connectivity index (χ3v) is 4.36. The number of carboxylic acids is 2. The van der Waals surface area contributed by atoms with Crippen LogP contribution in [0.3, 0.4) is 0 Å². The van der Waals surface area contributed by atoms with Crippen molar-refractivity contribution in [2.75, 3.05) is 11.1 Å². The number of hydrogen-bond acceptors (Lipinski definition) is 9. The molecule has 1 amide bonds. The number of fused-ring (bicyclic) bond motifs is 1. The first kappa shape index (κ1) is 25.1. The summed E-state index contributed by atoms with van der Waals surface area (Å²) in [5.41, 5.74) is 6.47. The number of nitrogens with two attached hydrogens (primary N) is 1. The van der Waals surface area contributed by atoms with Gasteiger partial charge in [0.2, 0.25) is 5.95 Å². The Labute approximate surface area is 189 Å². The van der Waals surface area contributed by atoms with Gasteiger partial charge in [-0.3, -0.25) is 19.4 Å². The summed E-state index contributed by atoms with van der Waals surface area (Å²) in [6, 6.07) is 4.86. The molecule has 0 bridgehead atoms. The summed E-state index contributed by atoms with van der Waals surface area (Å²) in [6.45, 7) is 0.231. The van der Waals surface area contributed by atoms with E-state index in [4.69, 9.17) is 15.9 Å². The molecule has 0 saturated heterocycles. The van der Waals surface area contributed by atoms with Crippen LogP contribution in [0.15, 0.2) is 35.3 Å². The highest BCUT2D eigenvalue weighted by Gasteiger charge is 2.21. The fraction of sp³-hybridized carbons (Fsp3) is 0.211. The monoisotopic (exact) mass is 475 g/mol. The van der Waals surface area contributed by atoms with Crippen molar-refractivity contribution in [3.8, 4) is 0 Å². The lowest BCUT2D eigenvalue weighted by Crippen LogP contribution is -2.41. The predicted octanol–water partition coefficient (Wildman–Crippen LogP) is 0.0133. The van der Waals surface area contributed by atoms with Crippen molar-refractivity contribution in [1.29, 1.82) is 0 Å². The van der Waals surface area contributed by atoms with E-state index in [0.717, 1.165) is 0 Å². The van der Waals surface area contributed by atoms with Gasteiger partial charge in [-0.05, 0) is 30.7 Å². The van der Waals surface area contributed by atoms with Crippen LogP contribution in [0.5, 0.6) is 0 Å². The smallest absolute Gasteiger partial charge is 0.326 e. The molecule has 3 rings (SSSR count). The van der Waals surface area contributed by atoms with E-state index in [-0.39, 0.29) is 52.0 Å². The Morgan fingerprint density at radius 1 is 1.12 bits per heavy atom. The van der Waals surface area contributed by atoms with Crippen molar-refractivity contribution in [1.82, 2.24) is 25.3 Å². The fourth-order valence-electron chi connectivity index (χ4n) is 2.75. The second kappa shape index (κ2) is 11.0. The molecular weight excluding hydrogens is 453 g/mol. The van der Waals surface area contributed by atoms with Crippen LogP contribution >= 0.6 is 9.90 Å². The van der Waals surface area contributed by atoms with E-state index in [2.05, 4.69) is 30.6 Å². The van der Waals surface area contributed by atoms with Crippen molar-refractivity contribution in [2.45, 2.75) is 25.4 Å². The van der Waals surface area contributed by atoms with Gasteiger partial charge in [0.25, 0.3) is 11.5 Å². The molecule has 3 aromatic rings. The Hall–Kier alpha value is -4.12. The number of carbonyl (C=O) groups is 3. The number of carbonyl (C=O) groups excluding carboxylic acids is 1. The van der Waals surface area contributed by atoms with Crippen LogP contribution in [0, 0.1) is 0 Å². The molecule has 2 heterocycles. The van der Waals surface area contributed by atoms with Gasteiger partial charge >= 0.3 is 11.9 Å². The number of benzene rings is 1. The molecule has 0 radical (unpaired) electrons. The normalized spacial score (nSPS) is 11.3. The third kappa shape index (κ3) is 6.68. The zero-order chi connectivity index (χ0) is 23.3. The summed E-state index contributed by atoms with van der Waals surface area (Å²) in [4.78, 5) is 60.6. The molecule has 0 spiro atoms. The van der Waals surface area contributed by atoms with Crippen LogP contribution in [0.2, 0.25) is 0 Å². The molecule has 33 heavy (non-hydrogen) atoms. The maximum Gasteiger partial charge on any atom is 0.326 e. The standard InChI is InChI=1S/C19H19N7O6.H3P/c20-19-25-15-14(17(30)26-19)23-11(8-22-15)7-21-10-3-1-9(2-4-10)16(29)24-12(18(31)32)5-6-13(27)28;/h1-4,8,12,21H,5-7H2,(H,24,29)(H,27,28)(H,31,32)(H3,20,22,25,26,30);1H3. The Bertz CT molecular complexity index is 1230. The first-order valence-electron chi connectivity index (χ1n) is 9.33. The minimum absolute atomic E-state index is 0. The number of hydrogen-bond donors (Lipinski definition) is 6. The molecule has 0 fully saturated rings. The van der Waals surface area contributed by atoms with Gasteiger partial charge in [-0.25, -0.2) is 14.8 Å². The van der Waals surface area contributed by atoms with Crippen LogP contribution < -0.4 is 21.9 Å². The van der Waals surface area contributed by atoms with Crippen LogP contribution in [0.4, 0.5) is 11.6 Å². The van der Waals surface area contributed by atoms with Crippen LogP contribution in [0.25, 0.3) is 11.2 Å². The number of rotatable bonds is 9. The SMILES string of the molecule is Nc1nc2ncc(CNc3ccc(C(=O)NC(CCC(=O)O)C(=O)O)cc3)nc2c(=O)[nH]1.P. The molecule has 0 aliphatic carbocycles. The molecule has 14 heteroatoms. The van der Waals surface area contributed by atoms with Gasteiger partial charge in [-0.2, -0.15) is 14.9 Å². The Kier molecular flexibility index (Phi) is 8.35. The average molecular weight is 475 g/mol. The lowest BCUT2D eigenvalue weighted by atomic mass is 10.1. The number of nitrogens with one attached hydrogen (secondary N) is 3. The maximum atomic E-state index is 12.3. The van der Waals surface area contributed by atoms with Gasteiger partial charge in [-0.1, -0.05) is 0 Å². The van der Waals surface area contributed by atoms with E-state index in [9.17, 15) is 19.2 Å². The lowest BCUT2D eigenvalue weighted by molar-refractivity contribution is -0.140. The Morgan fingerprint density at radius 3 is 2.45 bits per heavy atom. The molecule has 2 aromatic heterocycles. The number of nitrogens with zero attached hydrogens (tertiary/aromatic N) is 3. The minimum atomic E-state index is -1.31. The second-order valence-corrected chi connectivity index (χ2v) is 6.71. The zero-order valence-electron chi connectivity index (χ0n) is 17.2. The van der Waals surface area contributed by atoms with Crippen molar-refractivity contribution in [3.63, 3.8) is 0 Å². The number of carboxylic acid groups (broad SMARTS) is 2. The van der Waals surface area contributed by atoms with Crippen LogP contribution in [-0.4, -0.2) is 54.0 Å². The number of aliphatic carboxylic acids is 2. The minimum Gasteiger partial charge on any atom is -0.481 e. The van der Waals surface area contributed by atoms with Gasteiger partial charge in [-0.15, -0.1) is 0 Å². The van der Waals surface area contributed by atoms with E-state index in [0.29, 0.717) is 11.4 Å². The zero-order valence-corrected chi connectivity index (χ0v) is 18.7. The highest BCUT2D eigenvalue weighted by molar-refractivity contribution is 6.92. The summed E-state index contributed by atoms with van der Waals surface area (Å²) in [7, 11) is 0. The highest BCUT2D eigenvalue weighted by atomic mass is 31.0. The lowest BCUT2D eigenvalue weighted by Gasteiger charge is -2.14. The second-order valence-electron chi connectivity index (χ2n) is 6.71. The molecule has 0 aliphatic rings. The number of H-pyrrole nitrogens is 1. The predicted molar refractivity (Wildman–Crippen MR) is 123 cm³/mol. The summed E-state index contributed by atoms with van der Waals surface area (Å²) in [5.74, 6) is -3.16. The molecule has 174 valence electrons.